The van der Waals surface area contributed by atoms with Gasteiger partial charge >= 0.3 is 52.3 Å². The molecule has 9 aromatic heterocycles. The van der Waals surface area contributed by atoms with E-state index in [1.54, 1.807) is 61.2 Å². The van der Waals surface area contributed by atoms with Gasteiger partial charge in [0.2, 0.25) is 98.4 Å². The second-order valence-electron chi connectivity index (χ2n) is 28.2. The van der Waals surface area contributed by atoms with Crippen molar-refractivity contribution in [2.75, 3.05) is 46.0 Å². The Hall–Kier alpha value is -14.1. The number of nitrogens with zero attached hydrogens (tertiary/aromatic N) is 11. The number of hydrogen-bond acceptors (Lipinski definition) is 16. The van der Waals surface area contributed by atoms with Crippen molar-refractivity contribution in [1.82, 2.24) is 9.80 Å². The Bertz CT molecular complexity index is 5250. The number of ether oxygens (including phenoxy) is 2. The molecule has 698 valence electrons. The molecule has 0 unspecified atom stereocenters. The molecule has 0 bridgehead atoms. The smallest absolute Gasteiger partial charge is 0.425 e. The Morgan fingerprint density at radius 3 is 1.16 bits per heavy atom. The molecule has 13 rings (SSSR count). The maximum Gasteiger partial charge on any atom is 0.572 e. The second-order valence-corrected chi connectivity index (χ2v) is 29.7. The molecule has 11 heterocycles. The lowest BCUT2D eigenvalue weighted by Gasteiger charge is -2.23. The number of likely N-dealkylation sites (tertiary alicyclic amines) is 1. The highest BCUT2D eigenvalue weighted by Crippen LogP contribution is 2.20. The normalized spacial score (nSPS) is 12.6. The van der Waals surface area contributed by atoms with Crippen LogP contribution in [0.15, 0.2) is 226 Å². The van der Waals surface area contributed by atoms with Crippen LogP contribution in [0.25, 0.3) is 0 Å². The third kappa shape index (κ3) is 39.0. The topological polar surface area (TPSA) is 228 Å². The van der Waals surface area contributed by atoms with E-state index in [0.29, 0.717) is 45.8 Å². The quantitative estimate of drug-likeness (QED) is 0.0177. The van der Waals surface area contributed by atoms with Crippen molar-refractivity contribution < 1.29 is 192 Å². The van der Waals surface area contributed by atoms with Gasteiger partial charge in [0, 0.05) is 144 Å². The van der Waals surface area contributed by atoms with Gasteiger partial charge in [-0.3, -0.25) is 19.4 Å². The molecule has 0 spiro atoms. The Morgan fingerprint density at radius 1 is 0.446 bits per heavy atom. The van der Waals surface area contributed by atoms with Crippen molar-refractivity contribution in [3.05, 3.63) is 326 Å². The highest BCUT2D eigenvalue weighted by molar-refractivity contribution is 7.86. The van der Waals surface area contributed by atoms with Gasteiger partial charge in [0.05, 0.1) is 17.9 Å². The van der Waals surface area contributed by atoms with Crippen molar-refractivity contribution in [3.63, 3.8) is 0 Å². The molecule has 2 saturated heterocycles. The predicted octanol–water partition coefficient (Wildman–Crippen LogP) is 9.73. The monoisotopic (exact) mass is 1880 g/mol. The van der Waals surface area contributed by atoms with Crippen LogP contribution in [0, 0.1) is 119 Å². The van der Waals surface area contributed by atoms with Crippen LogP contribution in [0.2, 0.25) is 0 Å². The predicted molar refractivity (Wildman–Crippen MR) is 412 cm³/mol. The van der Waals surface area contributed by atoms with Crippen LogP contribution in [0.5, 0.6) is 0 Å². The van der Waals surface area contributed by atoms with Gasteiger partial charge in [0.15, 0.2) is 30.7 Å². The summed E-state index contributed by atoms with van der Waals surface area (Å²) in [6.45, 7) is 23.6. The van der Waals surface area contributed by atoms with Gasteiger partial charge in [-0.2, -0.15) is 54.1 Å². The van der Waals surface area contributed by atoms with Crippen molar-refractivity contribution in [1.29, 1.82) is 0 Å². The third-order valence-corrected chi connectivity index (χ3v) is 16.9. The average Bonchev–Trinajstić information content (AvgIpc) is 0.797. The first kappa shape index (κ1) is 106. The summed E-state index contributed by atoms with van der Waals surface area (Å²) in [7, 11) is -3.90. The number of piperidine rings is 1. The molecule has 0 atom stereocenters. The fraction of sp³-hybridized carbons (Fsp3) is 0.294. The second kappa shape index (κ2) is 53.5. The van der Waals surface area contributed by atoms with Crippen molar-refractivity contribution in [2.24, 2.45) is 0 Å². The van der Waals surface area contributed by atoms with Crippen LogP contribution in [-0.4, -0.2) is 99.9 Å². The summed E-state index contributed by atoms with van der Waals surface area (Å²) in [5.41, 5.74) is 0.0727. The molecular formula is C85H91F17N11O16S+9. The highest BCUT2D eigenvalue weighted by Gasteiger charge is 2.39. The molecule has 130 heavy (non-hydrogen) atoms. The van der Waals surface area contributed by atoms with E-state index in [1.165, 1.54) is 195 Å². The van der Waals surface area contributed by atoms with Crippen molar-refractivity contribution in [3.8, 4) is 12.5 Å². The summed E-state index contributed by atoms with van der Waals surface area (Å²) in [4.78, 5) is 76.2. The Labute approximate surface area is 734 Å². The van der Waals surface area contributed by atoms with E-state index in [1.807, 2.05) is 27.7 Å². The Morgan fingerprint density at radius 2 is 0.792 bits per heavy atom. The molecule has 45 heteroatoms. The van der Waals surface area contributed by atoms with E-state index >= 15 is 0 Å². The molecule has 0 radical (unpaired) electrons. The lowest BCUT2D eigenvalue weighted by molar-refractivity contribution is -0.938. The van der Waals surface area contributed by atoms with E-state index in [4.69, 9.17) is 47.6 Å². The van der Waals surface area contributed by atoms with E-state index < -0.39 is 109 Å². The summed E-state index contributed by atoms with van der Waals surface area (Å²) in [5, 5.41) is 0. The molecule has 2 amide bonds. The van der Waals surface area contributed by atoms with Crippen LogP contribution < -0.4 is 85.6 Å². The van der Waals surface area contributed by atoms with Crippen molar-refractivity contribution in [2.45, 2.75) is 122 Å². The number of morpholine rings is 1. The minimum absolute atomic E-state index is 0.0462. The number of amides is 2. The summed E-state index contributed by atoms with van der Waals surface area (Å²) in [6.07, 6.45) is 32.6. The minimum Gasteiger partial charge on any atom is -0.425 e. The van der Waals surface area contributed by atoms with Gasteiger partial charge < -0.3 is 14.4 Å². The number of benzene rings is 1. The van der Waals surface area contributed by atoms with E-state index in [2.05, 4.69) is 24.4 Å². The molecule has 2 aliphatic heterocycles. The van der Waals surface area contributed by atoms with E-state index in [-0.39, 0.29) is 50.4 Å². The zero-order valence-electron chi connectivity index (χ0n) is 70.6. The number of aromatic nitrogens is 9. The fourth-order valence-corrected chi connectivity index (χ4v) is 10.6. The standard InChI is InChI=1S/C12H11FNO3S.C11H11F5NO.C11H14FN2O2.C10H12FN2O3.C10H13FNO3.C9H13FNO.C8H9FNO.C7HF5NO.C7H7FNO/c1-10-2-4-12(5-3-10)18(15,16)17-14-8-6-11(13)7-9-14;12-7-8(13)10(15)17(11(16)9(7)14)18-6-4-2-1-3-5-6;12-10-4-8-14(9-5-10)16-11(15)13-6-2-1-3-7-13;11-9-1-3-13(4-2-9)16-10(14)12-5-7-15-8-6-12;1-10(2,3)14-9(13)15-12-6-4-8(11)5-7-12;1-9(2,3)12-11-6-4-8(10)5-7-11;1-2-7-11-10-5-3-8(9)4-6-10;1-2-14-13-6(11)4(9)3(8)5(10)7(13)12;1-2-10-9-5-3-7(8)4-6-9/h2-9H,1H3;6H,1-5H2;4-5,8-9H,1-3,6-7H2;1-4H,5-8H2;4-7H,1-3H3;4-7H,1-3H3;2-6H,1,7H2;1H;2-6H,1H2/q9*+1. The van der Waals surface area contributed by atoms with Crippen LogP contribution in [0.1, 0.15) is 98.5 Å². The fourth-order valence-electron chi connectivity index (χ4n) is 9.72. The van der Waals surface area contributed by atoms with Crippen LogP contribution in [-0.2, 0) is 19.6 Å². The lowest BCUT2D eigenvalue weighted by atomic mass is 9.98. The Kier molecular flexibility index (Phi) is 43.9. The van der Waals surface area contributed by atoms with Gasteiger partial charge in [-0.25, -0.2) is 45.2 Å². The number of aryl methyl sites for hydroxylation is 1. The maximum atomic E-state index is 13.3. The molecule has 1 aromatic carbocycles. The number of halogens is 17. The van der Waals surface area contributed by atoms with Gasteiger partial charge in [-0.15, -0.1) is 26.7 Å². The average molecular weight is 1880 g/mol. The number of hydrogen-bond donors (Lipinski definition) is 0. The molecule has 27 nitrogen and oxygen atoms in total. The molecule has 3 aliphatic rings. The number of pyridine rings is 9. The maximum absolute atomic E-state index is 13.3. The van der Waals surface area contributed by atoms with Gasteiger partial charge in [0.25, 0.3) is 23.3 Å². The number of carbonyl (C=O) groups excluding carboxylic acids is 3. The number of rotatable bonds is 15. The lowest BCUT2D eigenvalue weighted by Crippen LogP contribution is -2.55. The van der Waals surface area contributed by atoms with E-state index in [9.17, 15) is 97.4 Å². The summed E-state index contributed by atoms with van der Waals surface area (Å²) >= 11 is 0. The summed E-state index contributed by atoms with van der Waals surface area (Å²) in [5.74, 6) is -23.5. The summed E-state index contributed by atoms with van der Waals surface area (Å²) < 4.78 is 261. The summed E-state index contributed by atoms with van der Waals surface area (Å²) in [6, 6.07) is 23.6. The third-order valence-electron chi connectivity index (χ3n) is 15.7. The molecular weight excluding hydrogens is 1790 g/mol. The van der Waals surface area contributed by atoms with Crippen molar-refractivity contribution >= 4 is 28.5 Å². The highest BCUT2D eigenvalue weighted by atomic mass is 32.2. The van der Waals surface area contributed by atoms with Crippen LogP contribution >= 0.6 is 0 Å². The largest absolute Gasteiger partial charge is 0.572 e. The van der Waals surface area contributed by atoms with Crippen LogP contribution in [0.3, 0.4) is 0 Å². The molecule has 0 N–H and O–H groups in total. The molecule has 1 aliphatic carbocycles. The Balaban J connectivity index is 0.000000260. The van der Waals surface area contributed by atoms with E-state index in [0.717, 1.165) is 78.8 Å². The first-order valence-electron chi connectivity index (χ1n) is 38.5. The molecule has 3 fully saturated rings. The number of carbonyl (C=O) groups is 3. The zero-order chi connectivity index (χ0) is 96.3. The zero-order valence-corrected chi connectivity index (χ0v) is 71.4. The number of terminal acetylenes is 1. The molecule has 1 saturated carbocycles. The van der Waals surface area contributed by atoms with Gasteiger partial charge in [-0.05, 0) is 112 Å². The molecule has 10 aromatic rings. The first-order chi connectivity index (χ1) is 61.5. The first-order valence-corrected chi connectivity index (χ1v) is 39.9. The van der Waals surface area contributed by atoms with Gasteiger partial charge in [-0.1, -0.05) is 43.7 Å². The van der Waals surface area contributed by atoms with Crippen LogP contribution in [0.4, 0.5) is 89.0 Å². The van der Waals surface area contributed by atoms with Gasteiger partial charge in [0.1, 0.15) is 55.9 Å². The SMILES string of the molecule is C#CO[n+]1c(F)c(F)c(F)c(F)c1F.C=CCO[n+]1ccc(F)cc1.C=CO[n+]1ccc(F)cc1.CC(C)(C)OC(=O)O[n+]1ccc(F)cc1.CC(C)(C)O[n+]1ccc(F)cc1.Cc1ccc(S(=O)(=O)O[n+]2ccc(F)cc2)cc1.Fc1c(F)c(F)[n+](OC2CCCCC2)c(F)c1F.O=C(O[n+]1ccc(F)cc1)N1CCCCC1.O=C(O[n+]1ccc(F)cc1)N1CCOCC1. The minimum atomic E-state index is -3.90.